The van der Waals surface area contributed by atoms with Gasteiger partial charge in [-0.25, -0.2) is 8.42 Å². The molecule has 0 spiro atoms. The van der Waals surface area contributed by atoms with Gasteiger partial charge in [-0.1, -0.05) is 34.5 Å². The number of sulfonamides is 1. The predicted molar refractivity (Wildman–Crippen MR) is 99.3 cm³/mol. The lowest BCUT2D eigenvalue weighted by Gasteiger charge is -2.33. The molecule has 1 aliphatic heterocycles. The van der Waals surface area contributed by atoms with Crippen LogP contribution in [-0.2, 0) is 10.0 Å². The Morgan fingerprint density at radius 2 is 1.76 bits per heavy atom. The zero-order valence-corrected chi connectivity index (χ0v) is 16.4. The predicted octanol–water partition coefficient (Wildman–Crippen LogP) is 3.23. The molecule has 0 radical (unpaired) electrons. The van der Waals surface area contributed by atoms with E-state index in [1.165, 1.54) is 35.3 Å². The summed E-state index contributed by atoms with van der Waals surface area (Å²) in [5.41, 5.74) is 0. The lowest BCUT2D eigenvalue weighted by Crippen LogP contribution is -2.48. The third kappa shape index (κ3) is 3.50. The summed E-state index contributed by atoms with van der Waals surface area (Å²) in [6.45, 7) is 2.00. The van der Waals surface area contributed by atoms with Crippen LogP contribution in [0.5, 0.6) is 0 Å². The van der Waals surface area contributed by atoms with E-state index in [4.69, 9.17) is 23.2 Å². The fourth-order valence-corrected chi connectivity index (χ4v) is 5.63. The highest BCUT2D eigenvalue weighted by Gasteiger charge is 2.32. The van der Waals surface area contributed by atoms with Crippen LogP contribution in [-0.4, -0.2) is 49.1 Å². The first-order valence-electron chi connectivity index (χ1n) is 7.99. The van der Waals surface area contributed by atoms with Crippen LogP contribution >= 0.6 is 34.5 Å². The Morgan fingerprint density at radius 1 is 1.04 bits per heavy atom. The van der Waals surface area contributed by atoms with Crippen LogP contribution in [0.1, 0.15) is 23.8 Å². The van der Waals surface area contributed by atoms with E-state index in [2.05, 4.69) is 15.1 Å². The minimum Gasteiger partial charge on any atom is -0.344 e. The molecule has 0 bridgehead atoms. The van der Waals surface area contributed by atoms with Crippen LogP contribution in [0.3, 0.4) is 0 Å². The average molecular weight is 419 g/mol. The first-order chi connectivity index (χ1) is 11.9. The van der Waals surface area contributed by atoms with Gasteiger partial charge in [-0.3, -0.25) is 0 Å². The summed E-state index contributed by atoms with van der Waals surface area (Å²) in [4.78, 5) is 2.27. The van der Waals surface area contributed by atoms with Gasteiger partial charge in [-0.05, 0) is 31.0 Å². The molecule has 1 aromatic heterocycles. The van der Waals surface area contributed by atoms with E-state index in [1.54, 1.807) is 11.3 Å². The minimum absolute atomic E-state index is 0.169. The van der Waals surface area contributed by atoms with Crippen LogP contribution in [0.25, 0.3) is 0 Å². The number of hydrogen-bond donors (Lipinski definition) is 0. The van der Waals surface area contributed by atoms with Gasteiger partial charge in [0.25, 0.3) is 0 Å². The summed E-state index contributed by atoms with van der Waals surface area (Å²) < 4.78 is 27.0. The maximum Gasteiger partial charge on any atom is 0.243 e. The van der Waals surface area contributed by atoms with Gasteiger partial charge in [0.05, 0.1) is 14.9 Å². The van der Waals surface area contributed by atoms with Crippen LogP contribution in [0, 0.1) is 0 Å². The third-order valence-corrected chi connectivity index (χ3v) is 8.17. The third-order valence-electron chi connectivity index (χ3n) is 4.39. The highest BCUT2D eigenvalue weighted by atomic mass is 35.5. The number of nitrogens with zero attached hydrogens (tertiary/aromatic N) is 4. The maximum atomic E-state index is 12.8. The van der Waals surface area contributed by atoms with Crippen LogP contribution in [0.2, 0.25) is 10.0 Å². The Kier molecular flexibility index (Phi) is 4.66. The molecule has 10 heteroatoms. The monoisotopic (exact) mass is 418 g/mol. The molecule has 134 valence electrons. The molecule has 1 aromatic carbocycles. The second-order valence-electron chi connectivity index (χ2n) is 6.16. The van der Waals surface area contributed by atoms with Crippen molar-refractivity contribution in [2.24, 2.45) is 0 Å². The van der Waals surface area contributed by atoms with Crippen LogP contribution < -0.4 is 4.90 Å². The van der Waals surface area contributed by atoms with E-state index in [-0.39, 0.29) is 9.92 Å². The Labute approximate surface area is 160 Å². The number of aromatic nitrogens is 2. The molecule has 2 aliphatic rings. The molecule has 4 rings (SSSR count). The second-order valence-corrected chi connectivity index (χ2v) is 9.90. The van der Waals surface area contributed by atoms with Crippen molar-refractivity contribution in [2.45, 2.75) is 23.7 Å². The fraction of sp³-hybridized carbons (Fsp3) is 0.467. The number of halogens is 2. The first kappa shape index (κ1) is 17.5. The Bertz CT molecular complexity index is 891. The summed E-state index contributed by atoms with van der Waals surface area (Å²) in [5, 5.41) is 11.1. The zero-order chi connectivity index (χ0) is 17.6. The summed E-state index contributed by atoms with van der Waals surface area (Å²) in [6.07, 6.45) is 2.40. The standard InChI is InChI=1S/C15H16Cl2N4O2S2/c16-12-4-3-11(9-13(12)17)25(22,23)21-7-5-20(6-8-21)15-19-18-14(24-15)10-1-2-10/h3-4,9-10H,1-2,5-8H2. The van der Waals surface area contributed by atoms with Gasteiger partial charge in [-0.15, -0.1) is 10.2 Å². The second kappa shape index (κ2) is 6.66. The van der Waals surface area contributed by atoms with Crippen molar-refractivity contribution in [2.75, 3.05) is 31.1 Å². The Balaban J connectivity index is 1.45. The van der Waals surface area contributed by atoms with E-state index in [0.717, 1.165) is 10.1 Å². The van der Waals surface area contributed by atoms with E-state index in [9.17, 15) is 8.42 Å². The molecule has 0 amide bonds. The normalized spacial score (nSPS) is 19.4. The molecule has 0 N–H and O–H groups in total. The number of rotatable bonds is 4. The Hall–Kier alpha value is -0.930. The Morgan fingerprint density at radius 3 is 2.40 bits per heavy atom. The number of anilines is 1. The first-order valence-corrected chi connectivity index (χ1v) is 11.0. The van der Waals surface area contributed by atoms with Crippen molar-refractivity contribution in [3.63, 3.8) is 0 Å². The van der Waals surface area contributed by atoms with Gasteiger partial charge < -0.3 is 4.90 Å². The van der Waals surface area contributed by atoms with Gasteiger partial charge >= 0.3 is 0 Å². The minimum atomic E-state index is -3.57. The van der Waals surface area contributed by atoms with Gasteiger partial charge in [0, 0.05) is 32.1 Å². The molecule has 25 heavy (non-hydrogen) atoms. The zero-order valence-electron chi connectivity index (χ0n) is 13.2. The van der Waals surface area contributed by atoms with E-state index in [0.29, 0.717) is 37.1 Å². The van der Waals surface area contributed by atoms with E-state index < -0.39 is 10.0 Å². The molecular formula is C15H16Cl2N4O2S2. The lowest BCUT2D eigenvalue weighted by atomic mass is 10.4. The molecule has 2 fully saturated rings. The van der Waals surface area contributed by atoms with Crippen molar-refractivity contribution in [1.82, 2.24) is 14.5 Å². The highest BCUT2D eigenvalue weighted by molar-refractivity contribution is 7.89. The molecule has 6 nitrogen and oxygen atoms in total. The molecule has 1 aliphatic carbocycles. The summed E-state index contributed by atoms with van der Waals surface area (Å²) >= 11 is 13.5. The number of benzene rings is 1. The van der Waals surface area contributed by atoms with E-state index in [1.807, 2.05) is 0 Å². The molecular weight excluding hydrogens is 403 g/mol. The number of piperazine rings is 1. The summed E-state index contributed by atoms with van der Waals surface area (Å²) in [6, 6.07) is 4.40. The van der Waals surface area contributed by atoms with Crippen molar-refractivity contribution < 1.29 is 8.42 Å². The summed E-state index contributed by atoms with van der Waals surface area (Å²) in [5.74, 6) is 0.586. The van der Waals surface area contributed by atoms with Crippen LogP contribution in [0.4, 0.5) is 5.13 Å². The maximum absolute atomic E-state index is 12.8. The van der Waals surface area contributed by atoms with Gasteiger partial charge in [-0.2, -0.15) is 4.31 Å². The molecule has 0 atom stereocenters. The van der Waals surface area contributed by atoms with Crippen molar-refractivity contribution in [3.05, 3.63) is 33.3 Å². The van der Waals surface area contributed by atoms with Crippen LogP contribution in [0.15, 0.2) is 23.1 Å². The smallest absolute Gasteiger partial charge is 0.243 e. The number of hydrogen-bond acceptors (Lipinski definition) is 6. The molecule has 2 aromatic rings. The van der Waals surface area contributed by atoms with Gasteiger partial charge in [0.15, 0.2) is 0 Å². The largest absolute Gasteiger partial charge is 0.344 e. The van der Waals surface area contributed by atoms with Crippen molar-refractivity contribution in [1.29, 1.82) is 0 Å². The topological polar surface area (TPSA) is 66.4 Å². The van der Waals surface area contributed by atoms with Crippen molar-refractivity contribution in [3.8, 4) is 0 Å². The molecule has 0 unspecified atom stereocenters. The SMILES string of the molecule is O=S(=O)(c1ccc(Cl)c(Cl)c1)N1CCN(c2nnc(C3CC3)s2)CC1. The molecule has 1 saturated heterocycles. The quantitative estimate of drug-likeness (QED) is 0.761. The van der Waals surface area contributed by atoms with Gasteiger partial charge in [0.2, 0.25) is 15.2 Å². The molecule has 2 heterocycles. The summed E-state index contributed by atoms with van der Waals surface area (Å²) in [7, 11) is -3.57. The average Bonchev–Trinajstić information content (AvgIpc) is 3.34. The fourth-order valence-electron chi connectivity index (χ4n) is 2.76. The molecule has 1 saturated carbocycles. The highest BCUT2D eigenvalue weighted by Crippen LogP contribution is 2.42. The van der Waals surface area contributed by atoms with Gasteiger partial charge in [0.1, 0.15) is 5.01 Å². The van der Waals surface area contributed by atoms with E-state index >= 15 is 0 Å². The lowest BCUT2D eigenvalue weighted by molar-refractivity contribution is 0.384. The van der Waals surface area contributed by atoms with Crippen molar-refractivity contribution >= 4 is 49.7 Å².